The molecule has 0 saturated heterocycles. The van der Waals surface area contributed by atoms with Crippen molar-refractivity contribution in [3.8, 4) is 0 Å². The molecule has 114 valence electrons. The zero-order valence-corrected chi connectivity index (χ0v) is 12.1. The van der Waals surface area contributed by atoms with Gasteiger partial charge in [0.25, 0.3) is 0 Å². The van der Waals surface area contributed by atoms with Gasteiger partial charge in [0.1, 0.15) is 18.2 Å². The molecule has 10 heteroatoms. The minimum Gasteiger partial charge on any atom is -0.382 e. The Morgan fingerprint density at radius 1 is 1.48 bits per heavy atom. The van der Waals surface area contributed by atoms with Gasteiger partial charge in [0.2, 0.25) is 0 Å². The van der Waals surface area contributed by atoms with Gasteiger partial charge < -0.3 is 24.8 Å². The lowest BCUT2D eigenvalue weighted by atomic mass is 10.2. The number of fused-ring (bicyclic) bond motifs is 1. The molecule has 1 atom stereocenters. The molecule has 0 aliphatic heterocycles. The van der Waals surface area contributed by atoms with Gasteiger partial charge >= 0.3 is 7.60 Å². The number of imidazole rings is 1. The first-order valence-corrected chi connectivity index (χ1v) is 7.88. The lowest BCUT2D eigenvalue weighted by Crippen LogP contribution is -2.16. The Labute approximate surface area is 120 Å². The maximum Gasteiger partial charge on any atom is 0.350 e. The van der Waals surface area contributed by atoms with Gasteiger partial charge in [-0.1, -0.05) is 6.08 Å². The number of nitrogens with zero attached hydrogens (tertiary/aromatic N) is 4. The third-order valence-corrected chi connectivity index (χ3v) is 3.31. The zero-order chi connectivity index (χ0) is 15.5. The molecule has 2 heterocycles. The van der Waals surface area contributed by atoms with Gasteiger partial charge in [0.15, 0.2) is 11.5 Å². The van der Waals surface area contributed by atoms with Gasteiger partial charge in [-0.05, 0) is 6.42 Å². The molecule has 0 radical (unpaired) electrons. The van der Waals surface area contributed by atoms with Crippen LogP contribution in [0.3, 0.4) is 0 Å². The number of nitrogen functional groups attached to an aromatic ring is 1. The Bertz CT molecular complexity index is 682. The van der Waals surface area contributed by atoms with Crippen LogP contribution in [-0.2, 0) is 9.30 Å². The highest BCUT2D eigenvalue weighted by molar-refractivity contribution is 7.51. The van der Waals surface area contributed by atoms with Crippen LogP contribution in [0.25, 0.3) is 11.2 Å². The second-order valence-corrected chi connectivity index (χ2v) is 6.01. The van der Waals surface area contributed by atoms with E-state index in [0.29, 0.717) is 17.6 Å². The van der Waals surface area contributed by atoms with Crippen molar-refractivity contribution in [2.45, 2.75) is 12.5 Å². The van der Waals surface area contributed by atoms with E-state index >= 15 is 0 Å². The largest absolute Gasteiger partial charge is 0.382 e. The van der Waals surface area contributed by atoms with Gasteiger partial charge in [-0.3, -0.25) is 4.57 Å². The maximum absolute atomic E-state index is 10.8. The van der Waals surface area contributed by atoms with Crippen molar-refractivity contribution >= 4 is 24.6 Å². The van der Waals surface area contributed by atoms with Crippen LogP contribution in [0.1, 0.15) is 12.5 Å². The summed E-state index contributed by atoms with van der Waals surface area (Å²) >= 11 is 0. The second-order valence-electron chi connectivity index (χ2n) is 4.43. The SMILES string of the molecule is C=CCC(COCP(=O)(O)O)n1cnc2ncnc(N)c21. The van der Waals surface area contributed by atoms with Crippen molar-refractivity contribution in [2.24, 2.45) is 0 Å². The highest BCUT2D eigenvalue weighted by Gasteiger charge is 2.19. The van der Waals surface area contributed by atoms with Crippen LogP contribution in [0.4, 0.5) is 5.82 Å². The predicted molar refractivity (Wildman–Crippen MR) is 76.4 cm³/mol. The van der Waals surface area contributed by atoms with E-state index in [0.717, 1.165) is 0 Å². The van der Waals surface area contributed by atoms with Crippen LogP contribution in [-0.4, -0.2) is 42.3 Å². The number of rotatable bonds is 7. The maximum atomic E-state index is 10.8. The van der Waals surface area contributed by atoms with Crippen molar-refractivity contribution in [1.82, 2.24) is 19.5 Å². The number of anilines is 1. The van der Waals surface area contributed by atoms with Crippen LogP contribution >= 0.6 is 7.60 Å². The van der Waals surface area contributed by atoms with E-state index in [1.807, 2.05) is 0 Å². The highest BCUT2D eigenvalue weighted by atomic mass is 31.2. The summed E-state index contributed by atoms with van der Waals surface area (Å²) in [5.41, 5.74) is 6.84. The van der Waals surface area contributed by atoms with E-state index in [1.165, 1.54) is 6.33 Å². The van der Waals surface area contributed by atoms with Crippen molar-refractivity contribution < 1.29 is 19.1 Å². The lowest BCUT2D eigenvalue weighted by molar-refractivity contribution is 0.125. The summed E-state index contributed by atoms with van der Waals surface area (Å²) < 4.78 is 17.6. The van der Waals surface area contributed by atoms with E-state index < -0.39 is 13.9 Å². The monoisotopic (exact) mass is 313 g/mol. The molecule has 0 amide bonds. The molecule has 21 heavy (non-hydrogen) atoms. The summed E-state index contributed by atoms with van der Waals surface area (Å²) in [6, 6.07) is -0.257. The number of aromatic nitrogens is 4. The number of hydrogen-bond donors (Lipinski definition) is 3. The fourth-order valence-electron chi connectivity index (χ4n) is 1.94. The quantitative estimate of drug-likeness (QED) is 0.501. The molecule has 9 nitrogen and oxygen atoms in total. The first-order chi connectivity index (χ1) is 9.92. The standard InChI is InChI=1S/C11H16N5O4P/c1-2-3-8(4-20-7-21(17,18)19)16-6-15-11-9(16)10(12)13-5-14-11/h2,5-6,8H,1,3-4,7H2,(H2,12,13,14)(H2,17,18,19). The smallest absolute Gasteiger partial charge is 0.350 e. The molecule has 0 fully saturated rings. The fraction of sp³-hybridized carbons (Fsp3) is 0.364. The molecule has 0 bridgehead atoms. The van der Waals surface area contributed by atoms with Crippen molar-refractivity contribution in [1.29, 1.82) is 0 Å². The number of allylic oxidation sites excluding steroid dienone is 1. The molecule has 4 N–H and O–H groups in total. The normalized spacial score (nSPS) is 13.4. The molecule has 2 aromatic rings. The van der Waals surface area contributed by atoms with E-state index in [2.05, 4.69) is 21.5 Å². The van der Waals surface area contributed by atoms with Gasteiger partial charge in [-0.2, -0.15) is 0 Å². The van der Waals surface area contributed by atoms with Gasteiger partial charge in [-0.15, -0.1) is 6.58 Å². The minimum absolute atomic E-state index is 0.0803. The first kappa shape index (κ1) is 15.6. The van der Waals surface area contributed by atoms with Crippen LogP contribution < -0.4 is 5.73 Å². The van der Waals surface area contributed by atoms with Crippen LogP contribution in [0.2, 0.25) is 0 Å². The highest BCUT2D eigenvalue weighted by Crippen LogP contribution is 2.34. The van der Waals surface area contributed by atoms with Gasteiger partial charge in [0, 0.05) is 0 Å². The van der Waals surface area contributed by atoms with Gasteiger partial charge in [-0.25, -0.2) is 15.0 Å². The molecule has 0 aliphatic rings. The van der Waals surface area contributed by atoms with Crippen molar-refractivity contribution in [3.05, 3.63) is 25.3 Å². The van der Waals surface area contributed by atoms with Crippen LogP contribution in [0.15, 0.2) is 25.3 Å². The molecular weight excluding hydrogens is 297 g/mol. The Hall–Kier alpha value is -1.80. The van der Waals surface area contributed by atoms with Crippen molar-refractivity contribution in [3.63, 3.8) is 0 Å². The molecule has 0 aliphatic carbocycles. The molecule has 1 unspecified atom stereocenters. The Morgan fingerprint density at radius 2 is 2.24 bits per heavy atom. The van der Waals surface area contributed by atoms with Crippen molar-refractivity contribution in [2.75, 3.05) is 18.7 Å². The summed E-state index contributed by atoms with van der Waals surface area (Å²) in [4.78, 5) is 29.7. The Balaban J connectivity index is 2.24. The van der Waals surface area contributed by atoms with E-state index in [-0.39, 0.29) is 18.5 Å². The van der Waals surface area contributed by atoms with E-state index in [4.69, 9.17) is 20.3 Å². The average Bonchev–Trinajstić information content (AvgIpc) is 2.81. The lowest BCUT2D eigenvalue weighted by Gasteiger charge is -2.18. The summed E-state index contributed by atoms with van der Waals surface area (Å²) in [6.07, 6.45) is 4.42. The summed E-state index contributed by atoms with van der Waals surface area (Å²) in [7, 11) is -4.20. The number of nitrogens with two attached hydrogens (primary N) is 1. The van der Waals surface area contributed by atoms with Crippen LogP contribution in [0.5, 0.6) is 0 Å². The molecule has 0 saturated carbocycles. The van der Waals surface area contributed by atoms with Gasteiger partial charge in [0.05, 0.1) is 19.0 Å². The molecule has 2 aromatic heterocycles. The molecule has 2 rings (SSSR count). The summed E-state index contributed by atoms with van der Waals surface area (Å²) in [5, 5.41) is 0. The fourth-order valence-corrected chi connectivity index (χ4v) is 2.28. The summed E-state index contributed by atoms with van der Waals surface area (Å²) in [6.45, 7) is 3.74. The topological polar surface area (TPSA) is 136 Å². The molecular formula is C11H16N5O4P. The third-order valence-electron chi connectivity index (χ3n) is 2.80. The average molecular weight is 313 g/mol. The number of hydrogen-bond acceptors (Lipinski definition) is 6. The van der Waals surface area contributed by atoms with E-state index in [1.54, 1.807) is 17.0 Å². The minimum atomic E-state index is -4.20. The van der Waals surface area contributed by atoms with Crippen LogP contribution in [0, 0.1) is 0 Å². The predicted octanol–water partition coefficient (Wildman–Crippen LogP) is 0.677. The first-order valence-electron chi connectivity index (χ1n) is 6.08. The Morgan fingerprint density at radius 3 is 2.90 bits per heavy atom. The Kier molecular flexibility index (Phi) is 4.69. The van der Waals surface area contributed by atoms with E-state index in [9.17, 15) is 4.57 Å². The summed E-state index contributed by atoms with van der Waals surface area (Å²) in [5.74, 6) is 0.279. The molecule has 0 spiro atoms. The zero-order valence-electron chi connectivity index (χ0n) is 11.2. The second kappa shape index (κ2) is 6.31. The molecule has 0 aromatic carbocycles. The third kappa shape index (κ3) is 3.85. The number of ether oxygens (including phenoxy) is 1.